The smallest absolute Gasteiger partial charge is 0.410 e. The maximum Gasteiger partial charge on any atom is 0.410 e. The monoisotopic (exact) mass is 315 g/mol. The van der Waals surface area contributed by atoms with Gasteiger partial charge in [-0.05, 0) is 39.5 Å². The van der Waals surface area contributed by atoms with E-state index < -0.39 is 5.60 Å². The Labute approximate surface area is 136 Å². The van der Waals surface area contributed by atoms with Gasteiger partial charge in [-0.3, -0.25) is 0 Å². The maximum absolute atomic E-state index is 12.0. The van der Waals surface area contributed by atoms with Gasteiger partial charge in [0.15, 0.2) is 11.4 Å². The molecule has 0 radical (unpaired) electrons. The summed E-state index contributed by atoms with van der Waals surface area (Å²) in [5.74, 6) is 0.349. The van der Waals surface area contributed by atoms with E-state index in [1.54, 1.807) is 9.47 Å². The number of ether oxygens (including phenoxy) is 1. The zero-order valence-electron chi connectivity index (χ0n) is 13.7. The highest BCUT2D eigenvalue weighted by molar-refractivity contribution is 5.68. The molecule has 1 amide bonds. The van der Waals surface area contributed by atoms with Crippen molar-refractivity contribution in [2.75, 3.05) is 13.1 Å². The van der Waals surface area contributed by atoms with Crippen LogP contribution in [0.15, 0.2) is 6.33 Å². The molecule has 0 aromatic carbocycles. The molecule has 1 aromatic heterocycles. The first kappa shape index (κ1) is 16.8. The van der Waals surface area contributed by atoms with Crippen molar-refractivity contribution in [3.63, 3.8) is 0 Å². The second-order valence-corrected chi connectivity index (χ2v) is 6.73. The van der Waals surface area contributed by atoms with Crippen LogP contribution >= 0.6 is 0 Å². The second kappa shape index (κ2) is 6.70. The first-order valence-corrected chi connectivity index (χ1v) is 7.67. The van der Waals surface area contributed by atoms with Crippen LogP contribution in [0.5, 0.6) is 0 Å². The second-order valence-electron chi connectivity index (χ2n) is 6.73. The number of nitriles is 2. The number of likely N-dealkylation sites (tertiary alicyclic amines) is 1. The fourth-order valence-electron chi connectivity index (χ4n) is 2.62. The molecule has 0 atom stereocenters. The first-order valence-electron chi connectivity index (χ1n) is 7.67. The highest BCUT2D eigenvalue weighted by Crippen LogP contribution is 2.22. The summed E-state index contributed by atoms with van der Waals surface area (Å²) >= 11 is 0. The number of aromatic nitrogens is 2. The zero-order chi connectivity index (χ0) is 17.0. The molecule has 1 aliphatic rings. The van der Waals surface area contributed by atoms with Gasteiger partial charge in [-0.25, -0.2) is 9.78 Å². The van der Waals surface area contributed by atoms with Gasteiger partial charge in [0.2, 0.25) is 0 Å². The Morgan fingerprint density at radius 3 is 2.52 bits per heavy atom. The summed E-state index contributed by atoms with van der Waals surface area (Å²) in [6, 6.07) is 3.95. The lowest BCUT2D eigenvalue weighted by Gasteiger charge is -2.33. The minimum Gasteiger partial charge on any atom is -0.444 e. The molecule has 1 fully saturated rings. The molecule has 1 aromatic rings. The number of nitrogens with zero attached hydrogens (tertiary/aromatic N) is 5. The van der Waals surface area contributed by atoms with Gasteiger partial charge in [0, 0.05) is 19.6 Å². The molecule has 0 N–H and O–H groups in total. The number of rotatable bonds is 2. The van der Waals surface area contributed by atoms with E-state index in [9.17, 15) is 4.79 Å². The lowest BCUT2D eigenvalue weighted by atomic mass is 9.97. The first-order chi connectivity index (χ1) is 10.8. The van der Waals surface area contributed by atoms with Gasteiger partial charge in [0.05, 0.1) is 6.33 Å². The number of imidazole rings is 1. The Hall–Kier alpha value is -2.54. The van der Waals surface area contributed by atoms with Crippen molar-refractivity contribution in [3.05, 3.63) is 17.7 Å². The molecule has 1 saturated heterocycles. The molecule has 23 heavy (non-hydrogen) atoms. The summed E-state index contributed by atoms with van der Waals surface area (Å²) in [6.45, 7) is 7.48. The average Bonchev–Trinajstić information content (AvgIpc) is 2.88. The molecule has 0 aliphatic carbocycles. The Morgan fingerprint density at radius 1 is 1.35 bits per heavy atom. The normalized spacial score (nSPS) is 15.8. The van der Waals surface area contributed by atoms with Crippen LogP contribution in [0.3, 0.4) is 0 Å². The van der Waals surface area contributed by atoms with E-state index in [4.69, 9.17) is 15.3 Å². The molecule has 0 spiro atoms. The van der Waals surface area contributed by atoms with E-state index in [2.05, 4.69) is 4.98 Å². The molecular formula is C16H21N5O2. The van der Waals surface area contributed by atoms with Crippen molar-refractivity contribution in [3.8, 4) is 12.1 Å². The minimum atomic E-state index is -0.486. The number of amides is 1. The summed E-state index contributed by atoms with van der Waals surface area (Å²) in [7, 11) is 0. The largest absolute Gasteiger partial charge is 0.444 e. The molecule has 0 bridgehead atoms. The van der Waals surface area contributed by atoms with Crippen LogP contribution in [0.1, 0.15) is 45.0 Å². The van der Waals surface area contributed by atoms with Gasteiger partial charge in [-0.15, -0.1) is 0 Å². The predicted octanol–water partition coefficient (Wildman–Crippen LogP) is 2.27. The van der Waals surface area contributed by atoms with Crippen molar-refractivity contribution in [1.82, 2.24) is 14.5 Å². The van der Waals surface area contributed by atoms with Crippen LogP contribution < -0.4 is 0 Å². The topological polar surface area (TPSA) is 94.9 Å². The van der Waals surface area contributed by atoms with Crippen LogP contribution in [-0.4, -0.2) is 39.2 Å². The molecule has 0 unspecified atom stereocenters. The van der Waals surface area contributed by atoms with Crippen LogP contribution in [-0.2, 0) is 11.3 Å². The highest BCUT2D eigenvalue weighted by atomic mass is 16.6. The number of hydrogen-bond acceptors (Lipinski definition) is 5. The average molecular weight is 315 g/mol. The fourth-order valence-corrected chi connectivity index (χ4v) is 2.62. The van der Waals surface area contributed by atoms with Crippen LogP contribution in [0.25, 0.3) is 0 Å². The Balaban J connectivity index is 1.91. The predicted molar refractivity (Wildman–Crippen MR) is 82.2 cm³/mol. The minimum absolute atomic E-state index is 0.165. The fraction of sp³-hybridized carbons (Fsp3) is 0.625. The van der Waals surface area contributed by atoms with Gasteiger partial charge >= 0.3 is 6.09 Å². The number of carbonyl (C=O) groups excluding carboxylic acids is 1. The van der Waals surface area contributed by atoms with Gasteiger partial charge in [0.25, 0.3) is 0 Å². The van der Waals surface area contributed by atoms with Gasteiger partial charge in [-0.2, -0.15) is 10.5 Å². The van der Waals surface area contributed by atoms with Crippen LogP contribution in [0, 0.1) is 28.6 Å². The summed E-state index contributed by atoms with van der Waals surface area (Å²) < 4.78 is 7.11. The zero-order valence-corrected chi connectivity index (χ0v) is 13.7. The molecule has 7 nitrogen and oxygen atoms in total. The summed E-state index contributed by atoms with van der Waals surface area (Å²) in [5, 5.41) is 18.1. The highest BCUT2D eigenvalue weighted by Gasteiger charge is 2.27. The van der Waals surface area contributed by atoms with Crippen molar-refractivity contribution >= 4 is 6.09 Å². The molecule has 1 aliphatic heterocycles. The molecule has 0 saturated carbocycles. The van der Waals surface area contributed by atoms with Crippen molar-refractivity contribution in [2.24, 2.45) is 5.92 Å². The van der Waals surface area contributed by atoms with E-state index in [-0.39, 0.29) is 11.8 Å². The Kier molecular flexibility index (Phi) is 4.90. The molecule has 122 valence electrons. The quantitative estimate of drug-likeness (QED) is 0.834. The third kappa shape index (κ3) is 4.23. The van der Waals surface area contributed by atoms with Crippen molar-refractivity contribution in [2.45, 2.75) is 45.8 Å². The Morgan fingerprint density at radius 2 is 2.00 bits per heavy atom. The van der Waals surface area contributed by atoms with Crippen molar-refractivity contribution < 1.29 is 9.53 Å². The van der Waals surface area contributed by atoms with Gasteiger partial charge in [-0.1, -0.05) is 0 Å². The molecule has 2 rings (SSSR count). The third-order valence-corrected chi connectivity index (χ3v) is 3.77. The lowest BCUT2D eigenvalue weighted by molar-refractivity contribution is 0.0178. The van der Waals surface area contributed by atoms with E-state index in [0.29, 0.717) is 31.2 Å². The summed E-state index contributed by atoms with van der Waals surface area (Å²) in [4.78, 5) is 17.7. The number of piperidine rings is 1. The number of hydrogen-bond donors (Lipinski definition) is 0. The third-order valence-electron chi connectivity index (χ3n) is 3.77. The summed E-state index contributed by atoms with van der Waals surface area (Å²) in [5.41, 5.74) is -0.0130. The maximum atomic E-state index is 12.0. The van der Waals surface area contributed by atoms with E-state index >= 15 is 0 Å². The number of carbonyl (C=O) groups is 1. The van der Waals surface area contributed by atoms with Crippen LogP contribution in [0.4, 0.5) is 4.79 Å². The molecular weight excluding hydrogens is 294 g/mol. The Bertz CT molecular complexity index is 651. The van der Waals surface area contributed by atoms with E-state index in [1.165, 1.54) is 6.33 Å². The van der Waals surface area contributed by atoms with Gasteiger partial charge in [0.1, 0.15) is 17.7 Å². The molecule has 7 heteroatoms. The SMILES string of the molecule is CC(C)(C)OC(=O)N1CCC(Cn2cnc(C#N)c2C#N)CC1. The molecule has 2 heterocycles. The van der Waals surface area contributed by atoms with E-state index in [0.717, 1.165) is 12.8 Å². The van der Waals surface area contributed by atoms with E-state index in [1.807, 2.05) is 32.9 Å². The van der Waals surface area contributed by atoms with Crippen molar-refractivity contribution in [1.29, 1.82) is 10.5 Å². The van der Waals surface area contributed by atoms with Crippen LogP contribution in [0.2, 0.25) is 0 Å². The standard InChI is InChI=1S/C16H21N5O2/c1-16(2,3)23-15(22)20-6-4-12(5-7-20)10-21-11-19-13(8-17)14(21)9-18/h11-12H,4-7,10H2,1-3H3. The lowest BCUT2D eigenvalue weighted by Crippen LogP contribution is -2.42. The summed E-state index contributed by atoms with van der Waals surface area (Å²) in [6.07, 6.45) is 2.94. The van der Waals surface area contributed by atoms with Gasteiger partial charge < -0.3 is 14.2 Å².